The highest BCUT2D eigenvalue weighted by atomic mass is 16.2. The molecule has 0 saturated heterocycles. The van der Waals surface area contributed by atoms with Crippen molar-refractivity contribution >= 4 is 17.6 Å². The van der Waals surface area contributed by atoms with Crippen LogP contribution in [0, 0.1) is 0 Å². The number of aryl methyl sites for hydroxylation is 1. The second kappa shape index (κ2) is 6.64. The van der Waals surface area contributed by atoms with E-state index in [1.54, 1.807) is 6.92 Å². The van der Waals surface area contributed by atoms with Gasteiger partial charge in [-0.05, 0) is 25.0 Å². The Hall–Kier alpha value is -2.04. The maximum atomic E-state index is 11.7. The number of hydrogen-bond acceptors (Lipinski definition) is 3. The smallest absolute Gasteiger partial charge is 0.321 e. The maximum absolute atomic E-state index is 11.7. The van der Waals surface area contributed by atoms with Gasteiger partial charge >= 0.3 is 6.03 Å². The molecular weight excluding hydrogens is 230 g/mol. The Morgan fingerprint density at radius 3 is 2.56 bits per heavy atom. The van der Waals surface area contributed by atoms with E-state index in [2.05, 4.69) is 22.9 Å². The van der Waals surface area contributed by atoms with E-state index in [0.717, 1.165) is 17.7 Å². The van der Waals surface area contributed by atoms with Gasteiger partial charge in [0.05, 0.1) is 0 Å². The normalized spacial score (nSPS) is 11.5. The predicted molar refractivity (Wildman–Crippen MR) is 71.5 cm³/mol. The molecule has 3 N–H and O–H groups in total. The average molecular weight is 249 g/mol. The first-order valence-corrected chi connectivity index (χ1v) is 5.95. The first-order chi connectivity index (χ1) is 8.58. The zero-order valence-electron chi connectivity index (χ0n) is 10.9. The lowest BCUT2D eigenvalue weighted by molar-refractivity contribution is -0.120. The number of benzene rings is 1. The summed E-state index contributed by atoms with van der Waals surface area (Å²) in [5, 5.41) is 7.67. The second-order valence-corrected chi connectivity index (χ2v) is 3.95. The lowest BCUT2D eigenvalue weighted by Crippen LogP contribution is -2.44. The zero-order chi connectivity index (χ0) is 13.5. The summed E-state index contributed by atoms with van der Waals surface area (Å²) in [6.45, 7) is 3.76. The van der Waals surface area contributed by atoms with E-state index in [1.807, 2.05) is 24.3 Å². The van der Waals surface area contributed by atoms with Crippen molar-refractivity contribution in [3.05, 3.63) is 29.8 Å². The third-order valence-corrected chi connectivity index (χ3v) is 2.63. The SMILES string of the molecule is CCc1ccccc1NC(C)C(=O)NC(=O)NC. The highest BCUT2D eigenvalue weighted by Gasteiger charge is 2.15. The maximum Gasteiger partial charge on any atom is 0.321 e. The molecule has 0 spiro atoms. The van der Waals surface area contributed by atoms with Gasteiger partial charge in [0.2, 0.25) is 5.91 Å². The number of imide groups is 1. The van der Waals surface area contributed by atoms with Gasteiger partial charge in [-0.25, -0.2) is 4.79 Å². The number of amides is 3. The number of rotatable bonds is 4. The molecule has 1 aromatic rings. The minimum Gasteiger partial charge on any atom is -0.374 e. The van der Waals surface area contributed by atoms with Gasteiger partial charge < -0.3 is 10.6 Å². The van der Waals surface area contributed by atoms with Crippen LogP contribution in [0.15, 0.2) is 24.3 Å². The molecule has 1 unspecified atom stereocenters. The van der Waals surface area contributed by atoms with E-state index >= 15 is 0 Å². The minimum absolute atomic E-state index is 0.361. The number of urea groups is 1. The molecule has 18 heavy (non-hydrogen) atoms. The van der Waals surface area contributed by atoms with Gasteiger partial charge in [0.25, 0.3) is 0 Å². The van der Waals surface area contributed by atoms with E-state index < -0.39 is 12.1 Å². The molecule has 1 rings (SSSR count). The third kappa shape index (κ3) is 3.76. The number of nitrogens with one attached hydrogen (secondary N) is 3. The van der Waals surface area contributed by atoms with Crippen LogP contribution < -0.4 is 16.0 Å². The molecule has 3 amide bonds. The van der Waals surface area contributed by atoms with Gasteiger partial charge in [0, 0.05) is 12.7 Å². The highest BCUT2D eigenvalue weighted by Crippen LogP contribution is 2.16. The first-order valence-electron chi connectivity index (χ1n) is 5.95. The average Bonchev–Trinajstić information content (AvgIpc) is 2.39. The molecule has 0 bridgehead atoms. The fourth-order valence-electron chi connectivity index (χ4n) is 1.55. The summed E-state index contributed by atoms with van der Waals surface area (Å²) >= 11 is 0. The summed E-state index contributed by atoms with van der Waals surface area (Å²) < 4.78 is 0. The summed E-state index contributed by atoms with van der Waals surface area (Å²) in [6, 6.07) is 6.81. The summed E-state index contributed by atoms with van der Waals surface area (Å²) in [7, 11) is 1.47. The second-order valence-electron chi connectivity index (χ2n) is 3.95. The molecule has 0 aromatic heterocycles. The van der Waals surface area contributed by atoms with Crippen LogP contribution >= 0.6 is 0 Å². The van der Waals surface area contributed by atoms with Gasteiger partial charge in [-0.2, -0.15) is 0 Å². The van der Waals surface area contributed by atoms with E-state index in [1.165, 1.54) is 7.05 Å². The van der Waals surface area contributed by atoms with Crippen molar-refractivity contribution in [1.82, 2.24) is 10.6 Å². The zero-order valence-corrected chi connectivity index (χ0v) is 10.9. The van der Waals surface area contributed by atoms with E-state index in [-0.39, 0.29) is 5.91 Å². The number of anilines is 1. The van der Waals surface area contributed by atoms with Crippen LogP contribution in [0.5, 0.6) is 0 Å². The van der Waals surface area contributed by atoms with Crippen LogP contribution in [0.3, 0.4) is 0 Å². The Labute approximate surface area is 107 Å². The molecule has 0 aliphatic rings. The molecule has 0 fully saturated rings. The number of hydrogen-bond donors (Lipinski definition) is 3. The van der Waals surface area contributed by atoms with Crippen molar-refractivity contribution in [2.75, 3.05) is 12.4 Å². The Morgan fingerprint density at radius 1 is 1.28 bits per heavy atom. The van der Waals surface area contributed by atoms with Crippen LogP contribution in [-0.4, -0.2) is 25.0 Å². The quantitative estimate of drug-likeness (QED) is 0.757. The first kappa shape index (κ1) is 14.0. The van der Waals surface area contributed by atoms with Crippen molar-refractivity contribution in [2.45, 2.75) is 26.3 Å². The van der Waals surface area contributed by atoms with Crippen LogP contribution in [0.1, 0.15) is 19.4 Å². The highest BCUT2D eigenvalue weighted by molar-refractivity contribution is 5.97. The molecule has 5 nitrogen and oxygen atoms in total. The lowest BCUT2D eigenvalue weighted by atomic mass is 10.1. The summed E-state index contributed by atoms with van der Waals surface area (Å²) in [4.78, 5) is 22.7. The molecule has 1 aromatic carbocycles. The van der Waals surface area contributed by atoms with Gasteiger partial charge in [-0.3, -0.25) is 10.1 Å². The Kier molecular flexibility index (Phi) is 5.17. The van der Waals surface area contributed by atoms with Gasteiger partial charge in [0.1, 0.15) is 6.04 Å². The molecular formula is C13H19N3O2. The van der Waals surface area contributed by atoms with Gasteiger partial charge in [-0.1, -0.05) is 25.1 Å². The Morgan fingerprint density at radius 2 is 1.94 bits per heavy atom. The van der Waals surface area contributed by atoms with E-state index in [0.29, 0.717) is 0 Å². The van der Waals surface area contributed by atoms with Crippen LogP contribution in [0.4, 0.5) is 10.5 Å². The van der Waals surface area contributed by atoms with Crippen LogP contribution in [-0.2, 0) is 11.2 Å². The molecule has 5 heteroatoms. The van der Waals surface area contributed by atoms with Crippen molar-refractivity contribution in [3.8, 4) is 0 Å². The van der Waals surface area contributed by atoms with Crippen molar-refractivity contribution in [2.24, 2.45) is 0 Å². The summed E-state index contributed by atoms with van der Waals surface area (Å²) in [5.41, 5.74) is 2.05. The van der Waals surface area contributed by atoms with Crippen LogP contribution in [0.25, 0.3) is 0 Å². The number of carbonyl (C=O) groups is 2. The fourth-order valence-corrected chi connectivity index (χ4v) is 1.55. The molecule has 0 aliphatic carbocycles. The van der Waals surface area contributed by atoms with E-state index in [9.17, 15) is 9.59 Å². The summed E-state index contributed by atoms with van der Waals surface area (Å²) in [5.74, 6) is -0.361. The molecule has 98 valence electrons. The molecule has 1 atom stereocenters. The Balaban J connectivity index is 2.66. The topological polar surface area (TPSA) is 70.2 Å². The Bertz CT molecular complexity index is 432. The molecule has 0 aliphatic heterocycles. The summed E-state index contributed by atoms with van der Waals surface area (Å²) in [6.07, 6.45) is 0.882. The monoisotopic (exact) mass is 249 g/mol. The fraction of sp³-hybridized carbons (Fsp3) is 0.385. The largest absolute Gasteiger partial charge is 0.374 e. The predicted octanol–water partition coefficient (Wildman–Crippen LogP) is 1.50. The van der Waals surface area contributed by atoms with Crippen molar-refractivity contribution < 1.29 is 9.59 Å². The molecule has 0 saturated carbocycles. The molecule has 0 radical (unpaired) electrons. The van der Waals surface area contributed by atoms with Crippen LogP contribution in [0.2, 0.25) is 0 Å². The number of para-hydroxylation sites is 1. The standard InChI is InChI=1S/C13H19N3O2/c1-4-10-7-5-6-8-11(10)15-9(2)12(17)16-13(18)14-3/h5-9,15H,4H2,1-3H3,(H2,14,16,17,18). The van der Waals surface area contributed by atoms with E-state index in [4.69, 9.17) is 0 Å². The number of carbonyl (C=O) groups excluding carboxylic acids is 2. The lowest BCUT2D eigenvalue weighted by Gasteiger charge is -2.16. The minimum atomic E-state index is -0.502. The van der Waals surface area contributed by atoms with Gasteiger partial charge in [0.15, 0.2) is 0 Å². The molecule has 0 heterocycles. The van der Waals surface area contributed by atoms with Crippen molar-refractivity contribution in [3.63, 3.8) is 0 Å². The third-order valence-electron chi connectivity index (χ3n) is 2.63. The van der Waals surface area contributed by atoms with Crippen molar-refractivity contribution in [1.29, 1.82) is 0 Å². The van der Waals surface area contributed by atoms with Gasteiger partial charge in [-0.15, -0.1) is 0 Å².